The third-order valence-corrected chi connectivity index (χ3v) is 4.37. The van der Waals surface area contributed by atoms with Gasteiger partial charge in [0.2, 0.25) is 0 Å². The Morgan fingerprint density at radius 1 is 1.07 bits per heavy atom. The molecule has 30 heavy (non-hydrogen) atoms. The molecule has 0 atom stereocenters. The van der Waals surface area contributed by atoms with Crippen LogP contribution in [0.3, 0.4) is 0 Å². The number of fused-ring (bicyclic) bond motifs is 1. The summed E-state index contributed by atoms with van der Waals surface area (Å²) < 4.78 is 20.8. The smallest absolute Gasteiger partial charge is 0.278 e. The monoisotopic (exact) mass is 401 g/mol. The van der Waals surface area contributed by atoms with Crippen molar-refractivity contribution in [3.8, 4) is 17.6 Å². The normalized spacial score (nSPS) is 10.3. The molecule has 7 heteroatoms. The van der Waals surface area contributed by atoms with Crippen LogP contribution >= 0.6 is 0 Å². The summed E-state index contributed by atoms with van der Waals surface area (Å²) in [6.45, 7) is 0.0604. The summed E-state index contributed by atoms with van der Waals surface area (Å²) in [4.78, 5) is 16.4. The number of rotatable bonds is 4. The van der Waals surface area contributed by atoms with Gasteiger partial charge in [0.15, 0.2) is 0 Å². The molecule has 1 amide bonds. The minimum atomic E-state index is -0.670. The van der Waals surface area contributed by atoms with Crippen molar-refractivity contribution in [2.75, 3.05) is 0 Å². The minimum Gasteiger partial charge on any atom is -0.486 e. The summed E-state index contributed by atoms with van der Waals surface area (Å²) in [5, 5.41) is 8.92. The van der Waals surface area contributed by atoms with Crippen LogP contribution in [-0.2, 0) is 6.61 Å². The molecule has 0 spiro atoms. The number of ether oxygens (including phenoxy) is 1. The van der Waals surface area contributed by atoms with Gasteiger partial charge in [0.1, 0.15) is 35.2 Å². The topological polar surface area (TPSA) is 75.9 Å². The van der Waals surface area contributed by atoms with Crippen LogP contribution < -0.4 is 10.2 Å². The lowest BCUT2D eigenvalue weighted by atomic mass is 10.2. The number of imidazole rings is 1. The Morgan fingerprint density at radius 3 is 2.63 bits per heavy atom. The number of carbonyl (C=O) groups is 1. The SMILES string of the molecule is O=C(NO)c1ccccc1OCc1nc2ccccn2c1C#Cc1ccc(F)cc1. The highest BCUT2D eigenvalue weighted by molar-refractivity contribution is 5.96. The molecule has 0 aliphatic heterocycles. The van der Waals surface area contributed by atoms with Crippen molar-refractivity contribution in [3.05, 3.63) is 101 Å². The van der Waals surface area contributed by atoms with Crippen LogP contribution in [0.25, 0.3) is 5.65 Å². The van der Waals surface area contributed by atoms with E-state index in [1.165, 1.54) is 12.1 Å². The first-order valence-corrected chi connectivity index (χ1v) is 9.05. The lowest BCUT2D eigenvalue weighted by Crippen LogP contribution is -2.19. The fraction of sp³-hybridized carbons (Fsp3) is 0.0435. The molecular weight excluding hydrogens is 385 g/mol. The molecule has 148 valence electrons. The number of para-hydroxylation sites is 1. The average Bonchev–Trinajstić information content (AvgIpc) is 3.14. The fourth-order valence-corrected chi connectivity index (χ4v) is 2.93. The molecule has 0 radical (unpaired) electrons. The lowest BCUT2D eigenvalue weighted by molar-refractivity contribution is 0.0701. The lowest BCUT2D eigenvalue weighted by Gasteiger charge is -2.09. The maximum Gasteiger partial charge on any atom is 0.278 e. The van der Waals surface area contributed by atoms with Gasteiger partial charge in [-0.15, -0.1) is 0 Å². The molecule has 0 bridgehead atoms. The van der Waals surface area contributed by atoms with E-state index in [2.05, 4.69) is 16.8 Å². The van der Waals surface area contributed by atoms with Gasteiger partial charge in [-0.2, -0.15) is 0 Å². The summed E-state index contributed by atoms with van der Waals surface area (Å²) >= 11 is 0. The van der Waals surface area contributed by atoms with Crippen molar-refractivity contribution in [1.82, 2.24) is 14.9 Å². The fourth-order valence-electron chi connectivity index (χ4n) is 2.93. The first-order valence-electron chi connectivity index (χ1n) is 9.05. The van der Waals surface area contributed by atoms with Gasteiger partial charge in [0.25, 0.3) is 5.91 Å². The molecule has 0 saturated heterocycles. The first-order chi connectivity index (χ1) is 14.7. The van der Waals surface area contributed by atoms with E-state index < -0.39 is 5.91 Å². The maximum absolute atomic E-state index is 13.1. The number of carbonyl (C=O) groups excluding carboxylic acids is 1. The van der Waals surface area contributed by atoms with Gasteiger partial charge in [-0.25, -0.2) is 14.9 Å². The van der Waals surface area contributed by atoms with Crippen LogP contribution in [0.15, 0.2) is 72.9 Å². The minimum absolute atomic E-state index is 0.0604. The van der Waals surface area contributed by atoms with Crippen molar-refractivity contribution in [2.24, 2.45) is 0 Å². The molecular formula is C23H16FN3O3. The van der Waals surface area contributed by atoms with Crippen molar-refractivity contribution in [3.63, 3.8) is 0 Å². The van der Waals surface area contributed by atoms with E-state index in [1.807, 2.05) is 28.8 Å². The van der Waals surface area contributed by atoms with Gasteiger partial charge in [-0.1, -0.05) is 24.1 Å². The number of hydrogen-bond acceptors (Lipinski definition) is 4. The zero-order valence-electron chi connectivity index (χ0n) is 15.7. The predicted molar refractivity (Wildman–Crippen MR) is 108 cm³/mol. The van der Waals surface area contributed by atoms with E-state index in [1.54, 1.807) is 41.9 Å². The molecule has 2 N–H and O–H groups in total. The van der Waals surface area contributed by atoms with Gasteiger partial charge in [0, 0.05) is 11.8 Å². The number of halogens is 1. The molecule has 0 aliphatic rings. The molecule has 0 aliphatic carbocycles. The first kappa shape index (κ1) is 19.2. The number of benzene rings is 2. The Bertz CT molecular complexity index is 1270. The van der Waals surface area contributed by atoms with Crippen LogP contribution in [0.5, 0.6) is 5.75 Å². The molecule has 6 nitrogen and oxygen atoms in total. The Kier molecular flexibility index (Phi) is 5.42. The summed E-state index contributed by atoms with van der Waals surface area (Å²) in [5.41, 5.74) is 4.37. The summed E-state index contributed by atoms with van der Waals surface area (Å²) in [6, 6.07) is 18.1. The van der Waals surface area contributed by atoms with E-state index >= 15 is 0 Å². The Balaban J connectivity index is 1.68. The summed E-state index contributed by atoms with van der Waals surface area (Å²) in [7, 11) is 0. The van der Waals surface area contributed by atoms with Crippen LogP contribution in [0, 0.1) is 17.7 Å². The van der Waals surface area contributed by atoms with Gasteiger partial charge < -0.3 is 4.74 Å². The quantitative estimate of drug-likeness (QED) is 0.311. The van der Waals surface area contributed by atoms with Crippen LogP contribution in [0.4, 0.5) is 4.39 Å². The Labute approximate surface area is 171 Å². The molecule has 2 aromatic carbocycles. The number of hydrogen-bond donors (Lipinski definition) is 2. The van der Waals surface area contributed by atoms with Crippen LogP contribution in [-0.4, -0.2) is 20.5 Å². The molecule has 4 aromatic rings. The summed E-state index contributed by atoms with van der Waals surface area (Å²) in [5.74, 6) is 5.41. The number of pyridine rings is 1. The molecule has 2 heterocycles. The molecule has 0 unspecified atom stereocenters. The van der Waals surface area contributed by atoms with Gasteiger partial charge in [0.05, 0.1) is 5.56 Å². The van der Waals surface area contributed by atoms with Crippen molar-refractivity contribution in [1.29, 1.82) is 0 Å². The van der Waals surface area contributed by atoms with E-state index in [4.69, 9.17) is 9.94 Å². The van der Waals surface area contributed by atoms with Crippen LogP contribution in [0.2, 0.25) is 0 Å². The molecule has 0 saturated carbocycles. The van der Waals surface area contributed by atoms with E-state index in [9.17, 15) is 9.18 Å². The second kappa shape index (κ2) is 8.47. The number of nitrogens with one attached hydrogen (secondary N) is 1. The number of nitrogens with zero attached hydrogens (tertiary/aromatic N) is 2. The number of hydroxylamine groups is 1. The van der Waals surface area contributed by atoms with E-state index in [0.717, 1.165) is 0 Å². The highest BCUT2D eigenvalue weighted by Crippen LogP contribution is 2.20. The second-order valence-electron chi connectivity index (χ2n) is 6.32. The number of amides is 1. The highest BCUT2D eigenvalue weighted by atomic mass is 19.1. The van der Waals surface area contributed by atoms with Gasteiger partial charge in [-0.05, 0) is 54.5 Å². The zero-order valence-corrected chi connectivity index (χ0v) is 15.7. The number of aromatic nitrogens is 2. The average molecular weight is 401 g/mol. The largest absolute Gasteiger partial charge is 0.486 e. The molecule has 2 aromatic heterocycles. The predicted octanol–water partition coefficient (Wildman–Crippen LogP) is 3.57. The Morgan fingerprint density at radius 2 is 1.83 bits per heavy atom. The van der Waals surface area contributed by atoms with Gasteiger partial charge in [-0.3, -0.25) is 14.4 Å². The van der Waals surface area contributed by atoms with E-state index in [-0.39, 0.29) is 18.0 Å². The van der Waals surface area contributed by atoms with Crippen molar-refractivity contribution >= 4 is 11.6 Å². The van der Waals surface area contributed by atoms with Crippen LogP contribution in [0.1, 0.15) is 27.3 Å². The standard InChI is InChI=1S/C23H16FN3O3/c24-17-11-8-16(9-12-17)10-13-20-19(25-22-7-3-4-14-27(20)22)15-30-21-6-2-1-5-18(21)23(28)26-29/h1-9,11-12,14,29H,15H2,(H,26,28). The Hall–Kier alpha value is -4.15. The van der Waals surface area contributed by atoms with Crippen molar-refractivity contribution < 1.29 is 19.1 Å². The molecule has 4 rings (SSSR count). The third kappa shape index (κ3) is 3.99. The van der Waals surface area contributed by atoms with E-state index in [0.29, 0.717) is 28.3 Å². The highest BCUT2D eigenvalue weighted by Gasteiger charge is 2.14. The third-order valence-electron chi connectivity index (χ3n) is 4.37. The van der Waals surface area contributed by atoms with Gasteiger partial charge >= 0.3 is 0 Å². The summed E-state index contributed by atoms with van der Waals surface area (Å²) in [6.07, 6.45) is 1.84. The molecule has 0 fully saturated rings. The maximum atomic E-state index is 13.1. The van der Waals surface area contributed by atoms with Crippen molar-refractivity contribution in [2.45, 2.75) is 6.61 Å². The second-order valence-corrected chi connectivity index (χ2v) is 6.32. The zero-order chi connectivity index (χ0) is 20.9.